The van der Waals surface area contributed by atoms with Crippen LogP contribution in [-0.2, 0) is 5.60 Å². The van der Waals surface area contributed by atoms with Crippen molar-refractivity contribution < 1.29 is 15.0 Å². The van der Waals surface area contributed by atoms with E-state index < -0.39 is 5.60 Å². The number of rotatable bonds is 2. The average molecular weight is 266 g/mol. The zero-order valence-electron chi connectivity index (χ0n) is 10.8. The van der Waals surface area contributed by atoms with Gasteiger partial charge in [-0.25, -0.2) is 0 Å². The monoisotopic (exact) mass is 266 g/mol. The molecule has 1 aliphatic rings. The van der Waals surface area contributed by atoms with Crippen LogP contribution in [0.2, 0.25) is 0 Å². The summed E-state index contributed by atoms with van der Waals surface area (Å²) in [5.41, 5.74) is 0.947. The highest BCUT2D eigenvalue weighted by atomic mass is 16.3. The molecule has 0 radical (unpaired) electrons. The van der Waals surface area contributed by atoms with Gasteiger partial charge in [0.25, 0.3) is 0 Å². The van der Waals surface area contributed by atoms with Crippen molar-refractivity contribution in [2.45, 2.75) is 12.0 Å². The molecular formula is C17H14O3. The van der Waals surface area contributed by atoms with Gasteiger partial charge in [-0.15, -0.1) is 0 Å². The summed E-state index contributed by atoms with van der Waals surface area (Å²) >= 11 is 0. The van der Waals surface area contributed by atoms with Crippen LogP contribution in [0.3, 0.4) is 0 Å². The molecule has 0 amide bonds. The lowest BCUT2D eigenvalue weighted by atomic mass is 9.76. The molecule has 3 nitrogen and oxygen atoms in total. The largest absolute Gasteiger partial charge is 0.507 e. The second-order valence-electron chi connectivity index (χ2n) is 4.91. The number of hydrogen-bond donors (Lipinski definition) is 2. The minimum absolute atomic E-state index is 0.125. The molecule has 0 fully saturated rings. The van der Waals surface area contributed by atoms with Crippen molar-refractivity contribution in [3.8, 4) is 5.75 Å². The first kappa shape index (κ1) is 12.6. The van der Waals surface area contributed by atoms with Crippen LogP contribution in [0.5, 0.6) is 5.75 Å². The van der Waals surface area contributed by atoms with Gasteiger partial charge in [-0.3, -0.25) is 4.79 Å². The molecule has 3 heteroatoms. The number of fused-ring (bicyclic) bond motifs is 1. The van der Waals surface area contributed by atoms with E-state index in [9.17, 15) is 15.0 Å². The molecule has 2 N–H and O–H groups in total. The number of phenolic OH excluding ortho intramolecular Hbond substituents is 1. The highest BCUT2D eigenvalue weighted by molar-refractivity contribution is 5.79. The summed E-state index contributed by atoms with van der Waals surface area (Å²) in [4.78, 5) is 11.2. The number of aldehydes is 1. The van der Waals surface area contributed by atoms with Crippen LogP contribution in [0.25, 0.3) is 6.08 Å². The molecule has 0 aromatic heterocycles. The zero-order valence-corrected chi connectivity index (χ0v) is 10.8. The van der Waals surface area contributed by atoms with Gasteiger partial charge in [-0.1, -0.05) is 48.6 Å². The maximum Gasteiger partial charge on any atom is 0.150 e. The van der Waals surface area contributed by atoms with Gasteiger partial charge in [-0.2, -0.15) is 0 Å². The predicted molar refractivity (Wildman–Crippen MR) is 76.6 cm³/mol. The van der Waals surface area contributed by atoms with Crippen molar-refractivity contribution >= 4 is 12.4 Å². The van der Waals surface area contributed by atoms with E-state index in [4.69, 9.17) is 0 Å². The summed E-state index contributed by atoms with van der Waals surface area (Å²) in [6.45, 7) is 0. The summed E-state index contributed by atoms with van der Waals surface area (Å²) in [5.74, 6) is 0.125. The van der Waals surface area contributed by atoms with Gasteiger partial charge in [-0.05, 0) is 17.2 Å². The normalized spacial score (nSPS) is 20.4. The maximum atomic E-state index is 11.2. The molecule has 1 atom stereocenters. The standard InChI is InChI=1S/C17H14O3/c18-11-12-5-1-2-7-14(12)17(20)10-4-6-13-15(17)8-3-9-16(13)19/h1-9,11,19-20H,10H2. The van der Waals surface area contributed by atoms with E-state index in [2.05, 4.69) is 0 Å². The first-order valence-corrected chi connectivity index (χ1v) is 6.43. The van der Waals surface area contributed by atoms with Gasteiger partial charge in [0.1, 0.15) is 17.6 Å². The number of aliphatic hydroxyl groups is 1. The van der Waals surface area contributed by atoms with Crippen LogP contribution >= 0.6 is 0 Å². The van der Waals surface area contributed by atoms with Crippen molar-refractivity contribution in [1.29, 1.82) is 0 Å². The van der Waals surface area contributed by atoms with Gasteiger partial charge < -0.3 is 10.2 Å². The first-order chi connectivity index (χ1) is 9.66. The fourth-order valence-electron chi connectivity index (χ4n) is 2.78. The molecule has 100 valence electrons. The Kier molecular flexibility index (Phi) is 2.92. The van der Waals surface area contributed by atoms with Crippen molar-refractivity contribution in [3.05, 3.63) is 70.8 Å². The molecule has 0 heterocycles. The Morgan fingerprint density at radius 2 is 1.80 bits per heavy atom. The number of benzene rings is 2. The van der Waals surface area contributed by atoms with E-state index in [0.717, 1.165) is 6.29 Å². The van der Waals surface area contributed by atoms with E-state index in [1.54, 1.807) is 48.5 Å². The lowest BCUT2D eigenvalue weighted by molar-refractivity contribution is 0.0805. The quantitative estimate of drug-likeness (QED) is 0.822. The summed E-state index contributed by atoms with van der Waals surface area (Å²) in [6, 6.07) is 12.0. The average Bonchev–Trinajstić information content (AvgIpc) is 2.48. The second-order valence-corrected chi connectivity index (χ2v) is 4.91. The van der Waals surface area contributed by atoms with Crippen molar-refractivity contribution in [3.63, 3.8) is 0 Å². The molecule has 20 heavy (non-hydrogen) atoms. The van der Waals surface area contributed by atoms with Crippen molar-refractivity contribution in [2.75, 3.05) is 0 Å². The van der Waals surface area contributed by atoms with Gasteiger partial charge in [0, 0.05) is 17.5 Å². The van der Waals surface area contributed by atoms with E-state index in [1.165, 1.54) is 0 Å². The van der Waals surface area contributed by atoms with Crippen LogP contribution in [0.1, 0.15) is 33.5 Å². The van der Waals surface area contributed by atoms with Gasteiger partial charge in [0.05, 0.1) is 0 Å². The number of phenols is 1. The molecular weight excluding hydrogens is 252 g/mol. The van der Waals surface area contributed by atoms with Crippen LogP contribution in [0, 0.1) is 0 Å². The van der Waals surface area contributed by atoms with Gasteiger partial charge in [0.15, 0.2) is 0 Å². The summed E-state index contributed by atoms with van der Waals surface area (Å²) < 4.78 is 0. The highest BCUT2D eigenvalue weighted by Crippen LogP contribution is 2.42. The van der Waals surface area contributed by atoms with Gasteiger partial charge >= 0.3 is 0 Å². The summed E-state index contributed by atoms with van der Waals surface area (Å²) in [6.07, 6.45) is 4.72. The fourth-order valence-corrected chi connectivity index (χ4v) is 2.78. The molecule has 0 spiro atoms. The van der Waals surface area contributed by atoms with E-state index in [1.807, 2.05) is 6.08 Å². The van der Waals surface area contributed by atoms with Crippen molar-refractivity contribution in [1.82, 2.24) is 0 Å². The Morgan fingerprint density at radius 1 is 1.05 bits per heavy atom. The Hall–Kier alpha value is -2.39. The van der Waals surface area contributed by atoms with Crippen LogP contribution in [-0.4, -0.2) is 16.5 Å². The third-order valence-corrected chi connectivity index (χ3v) is 3.76. The number of carbonyl (C=O) groups excluding carboxylic acids is 1. The Bertz CT molecular complexity index is 703. The molecule has 0 bridgehead atoms. The summed E-state index contributed by atoms with van der Waals surface area (Å²) in [5, 5.41) is 21.0. The van der Waals surface area contributed by atoms with E-state index in [-0.39, 0.29) is 5.75 Å². The third kappa shape index (κ3) is 1.75. The van der Waals surface area contributed by atoms with Crippen LogP contribution in [0.15, 0.2) is 48.5 Å². The minimum Gasteiger partial charge on any atom is -0.507 e. The van der Waals surface area contributed by atoms with Gasteiger partial charge in [0.2, 0.25) is 0 Å². The summed E-state index contributed by atoms with van der Waals surface area (Å²) in [7, 11) is 0. The van der Waals surface area contributed by atoms with E-state index in [0.29, 0.717) is 28.7 Å². The SMILES string of the molecule is O=Cc1ccccc1C1(O)CC=Cc2c(O)cccc21. The van der Waals surface area contributed by atoms with Crippen LogP contribution < -0.4 is 0 Å². The smallest absolute Gasteiger partial charge is 0.150 e. The lowest BCUT2D eigenvalue weighted by Crippen LogP contribution is -2.30. The minimum atomic E-state index is -1.29. The molecule has 2 aromatic rings. The van der Waals surface area contributed by atoms with E-state index >= 15 is 0 Å². The number of carbonyl (C=O) groups is 1. The molecule has 2 aromatic carbocycles. The fraction of sp³-hybridized carbons (Fsp3) is 0.118. The molecule has 0 saturated carbocycles. The first-order valence-electron chi connectivity index (χ1n) is 6.43. The molecule has 0 aliphatic heterocycles. The predicted octanol–water partition coefficient (Wildman–Crippen LogP) is 2.86. The Balaban J connectivity index is 2.27. The maximum absolute atomic E-state index is 11.2. The topological polar surface area (TPSA) is 57.5 Å². The second kappa shape index (κ2) is 4.62. The third-order valence-electron chi connectivity index (χ3n) is 3.76. The van der Waals surface area contributed by atoms with Crippen molar-refractivity contribution in [2.24, 2.45) is 0 Å². The molecule has 3 rings (SSSR count). The molecule has 1 aliphatic carbocycles. The lowest BCUT2D eigenvalue weighted by Gasteiger charge is -2.33. The number of aromatic hydroxyl groups is 1. The molecule has 0 saturated heterocycles. The number of hydrogen-bond acceptors (Lipinski definition) is 3. The Labute approximate surface area is 116 Å². The zero-order chi connectivity index (χ0) is 14.2. The highest BCUT2D eigenvalue weighted by Gasteiger charge is 2.36. The van der Waals surface area contributed by atoms with Crippen LogP contribution in [0.4, 0.5) is 0 Å². The Morgan fingerprint density at radius 3 is 2.60 bits per heavy atom. The molecule has 1 unspecified atom stereocenters.